The SMILES string of the molecule is CC(C(=O)NCCc1ccc(S(N)(=O)=O)cc1)n1nc(-c2ccccc2)ccc1=O. The van der Waals surface area contributed by atoms with Gasteiger partial charge < -0.3 is 5.32 Å². The highest BCUT2D eigenvalue weighted by molar-refractivity contribution is 7.89. The van der Waals surface area contributed by atoms with E-state index < -0.39 is 16.1 Å². The van der Waals surface area contributed by atoms with Crippen LogP contribution in [0.2, 0.25) is 0 Å². The summed E-state index contributed by atoms with van der Waals surface area (Å²) in [6, 6.07) is 17.8. The second-order valence-corrected chi connectivity index (χ2v) is 8.33. The molecule has 2 aromatic carbocycles. The van der Waals surface area contributed by atoms with Crippen LogP contribution in [0.5, 0.6) is 0 Å². The van der Waals surface area contributed by atoms with E-state index in [4.69, 9.17) is 5.14 Å². The normalized spacial score (nSPS) is 12.3. The Morgan fingerprint density at radius 3 is 2.37 bits per heavy atom. The first-order valence-corrected chi connectivity index (χ1v) is 10.8. The van der Waals surface area contributed by atoms with Gasteiger partial charge in [-0.05, 0) is 37.1 Å². The Morgan fingerprint density at radius 1 is 1.07 bits per heavy atom. The highest BCUT2D eigenvalue weighted by Gasteiger charge is 2.17. The average Bonchev–Trinajstić information content (AvgIpc) is 2.74. The lowest BCUT2D eigenvalue weighted by Gasteiger charge is -2.15. The fraction of sp³-hybridized carbons (Fsp3) is 0.190. The van der Waals surface area contributed by atoms with E-state index in [-0.39, 0.29) is 16.4 Å². The number of rotatable bonds is 7. The van der Waals surface area contributed by atoms with Crippen LogP contribution in [0.3, 0.4) is 0 Å². The third kappa shape index (κ3) is 5.19. The standard InChI is InChI=1S/C21H22N4O4S/c1-15(25-20(26)12-11-19(24-25)17-5-3-2-4-6-17)21(27)23-14-13-16-7-9-18(10-8-16)30(22,28)29/h2-12,15H,13-14H2,1H3,(H,23,27)(H2,22,28,29). The quantitative estimate of drug-likeness (QED) is 0.592. The number of sulfonamides is 1. The molecular formula is C21H22N4O4S. The van der Waals surface area contributed by atoms with Crippen LogP contribution < -0.4 is 16.0 Å². The van der Waals surface area contributed by atoms with Crippen LogP contribution in [0.25, 0.3) is 11.3 Å². The summed E-state index contributed by atoms with van der Waals surface area (Å²) in [5.41, 5.74) is 1.93. The molecule has 1 heterocycles. The zero-order chi connectivity index (χ0) is 21.7. The number of carbonyl (C=O) groups is 1. The van der Waals surface area contributed by atoms with Crippen LogP contribution in [0.4, 0.5) is 0 Å². The number of primary sulfonamides is 1. The summed E-state index contributed by atoms with van der Waals surface area (Å²) < 4.78 is 23.7. The Labute approximate surface area is 174 Å². The lowest BCUT2D eigenvalue weighted by molar-refractivity contribution is -0.124. The molecule has 3 aromatic rings. The fourth-order valence-electron chi connectivity index (χ4n) is 2.90. The van der Waals surface area contributed by atoms with E-state index in [9.17, 15) is 18.0 Å². The summed E-state index contributed by atoms with van der Waals surface area (Å²) >= 11 is 0. The third-order valence-corrected chi connectivity index (χ3v) is 5.53. The van der Waals surface area contributed by atoms with E-state index in [1.165, 1.54) is 22.9 Å². The molecule has 1 aromatic heterocycles. The molecule has 0 saturated heterocycles. The second kappa shape index (κ2) is 9.02. The first-order chi connectivity index (χ1) is 14.3. The van der Waals surface area contributed by atoms with Crippen molar-refractivity contribution in [2.75, 3.05) is 6.54 Å². The maximum atomic E-state index is 12.5. The largest absolute Gasteiger partial charge is 0.354 e. The predicted octanol–water partition coefficient (Wildman–Crippen LogP) is 1.48. The number of aromatic nitrogens is 2. The zero-order valence-electron chi connectivity index (χ0n) is 16.4. The first kappa shape index (κ1) is 21.4. The van der Waals surface area contributed by atoms with Gasteiger partial charge in [0, 0.05) is 18.2 Å². The van der Waals surface area contributed by atoms with Crippen molar-refractivity contribution in [3.05, 3.63) is 82.6 Å². The monoisotopic (exact) mass is 426 g/mol. The number of nitrogens with zero attached hydrogens (tertiary/aromatic N) is 2. The topological polar surface area (TPSA) is 124 Å². The Hall–Kier alpha value is -3.30. The van der Waals surface area contributed by atoms with E-state index >= 15 is 0 Å². The lowest BCUT2D eigenvalue weighted by Crippen LogP contribution is -2.37. The molecule has 9 heteroatoms. The summed E-state index contributed by atoms with van der Waals surface area (Å²) in [5.74, 6) is -0.337. The van der Waals surface area contributed by atoms with Crippen LogP contribution in [0, 0.1) is 0 Å². The molecule has 0 aliphatic carbocycles. The van der Waals surface area contributed by atoms with E-state index in [1.807, 2.05) is 30.3 Å². The average molecular weight is 426 g/mol. The van der Waals surface area contributed by atoms with Crippen LogP contribution in [0.15, 0.2) is 76.4 Å². The van der Waals surface area contributed by atoms with Crippen LogP contribution in [-0.2, 0) is 21.2 Å². The van der Waals surface area contributed by atoms with E-state index in [2.05, 4.69) is 10.4 Å². The zero-order valence-corrected chi connectivity index (χ0v) is 17.2. The summed E-state index contributed by atoms with van der Waals surface area (Å²) in [5, 5.41) is 12.2. The number of hydrogen-bond acceptors (Lipinski definition) is 5. The summed E-state index contributed by atoms with van der Waals surface area (Å²) in [4.78, 5) is 24.8. The minimum atomic E-state index is -3.73. The van der Waals surface area contributed by atoms with E-state index in [0.29, 0.717) is 18.7 Å². The highest BCUT2D eigenvalue weighted by Crippen LogP contribution is 2.15. The van der Waals surface area contributed by atoms with Crippen molar-refractivity contribution < 1.29 is 13.2 Å². The number of carbonyl (C=O) groups excluding carboxylic acids is 1. The van der Waals surface area contributed by atoms with Gasteiger partial charge in [0.25, 0.3) is 5.56 Å². The van der Waals surface area contributed by atoms with Gasteiger partial charge in [-0.1, -0.05) is 42.5 Å². The Balaban J connectivity index is 1.64. The molecule has 0 bridgehead atoms. The van der Waals surface area contributed by atoms with Crippen LogP contribution in [-0.4, -0.2) is 30.7 Å². The fourth-order valence-corrected chi connectivity index (χ4v) is 3.42. The predicted molar refractivity (Wildman–Crippen MR) is 113 cm³/mol. The Morgan fingerprint density at radius 2 is 1.73 bits per heavy atom. The van der Waals surface area contributed by atoms with Gasteiger partial charge in [-0.25, -0.2) is 18.2 Å². The van der Waals surface area contributed by atoms with Gasteiger partial charge in [-0.15, -0.1) is 0 Å². The van der Waals surface area contributed by atoms with Gasteiger partial charge in [0.05, 0.1) is 10.6 Å². The molecule has 1 atom stereocenters. The van der Waals surface area contributed by atoms with E-state index in [0.717, 1.165) is 11.1 Å². The van der Waals surface area contributed by atoms with Crippen molar-refractivity contribution in [3.8, 4) is 11.3 Å². The summed E-state index contributed by atoms with van der Waals surface area (Å²) in [6.45, 7) is 1.93. The van der Waals surface area contributed by atoms with Crippen molar-refractivity contribution in [3.63, 3.8) is 0 Å². The Bertz CT molecular complexity index is 1190. The van der Waals surface area contributed by atoms with Gasteiger partial charge in [-0.3, -0.25) is 9.59 Å². The third-order valence-electron chi connectivity index (χ3n) is 4.61. The first-order valence-electron chi connectivity index (χ1n) is 9.30. The minimum absolute atomic E-state index is 0.0349. The lowest BCUT2D eigenvalue weighted by atomic mass is 10.1. The smallest absolute Gasteiger partial charge is 0.267 e. The van der Waals surface area contributed by atoms with Crippen molar-refractivity contribution in [2.45, 2.75) is 24.3 Å². The molecule has 0 saturated carbocycles. The molecule has 0 aliphatic heterocycles. The molecule has 1 amide bonds. The maximum Gasteiger partial charge on any atom is 0.267 e. The molecule has 1 unspecified atom stereocenters. The maximum absolute atomic E-state index is 12.5. The molecule has 30 heavy (non-hydrogen) atoms. The molecular weight excluding hydrogens is 404 g/mol. The molecule has 156 valence electrons. The van der Waals surface area contributed by atoms with Crippen LogP contribution in [0.1, 0.15) is 18.5 Å². The van der Waals surface area contributed by atoms with Gasteiger partial charge >= 0.3 is 0 Å². The summed E-state index contributed by atoms with van der Waals surface area (Å²) in [7, 11) is -3.73. The highest BCUT2D eigenvalue weighted by atomic mass is 32.2. The number of hydrogen-bond donors (Lipinski definition) is 2. The number of nitrogens with one attached hydrogen (secondary N) is 1. The number of benzene rings is 2. The molecule has 3 N–H and O–H groups in total. The van der Waals surface area contributed by atoms with Gasteiger partial charge in [0.2, 0.25) is 15.9 Å². The number of amides is 1. The van der Waals surface area contributed by atoms with Crippen molar-refractivity contribution >= 4 is 15.9 Å². The summed E-state index contributed by atoms with van der Waals surface area (Å²) in [6.07, 6.45) is 0.496. The molecule has 0 fully saturated rings. The van der Waals surface area contributed by atoms with Gasteiger partial charge in [-0.2, -0.15) is 5.10 Å². The van der Waals surface area contributed by atoms with Crippen molar-refractivity contribution in [1.29, 1.82) is 0 Å². The number of nitrogens with two attached hydrogens (primary N) is 1. The van der Waals surface area contributed by atoms with E-state index in [1.54, 1.807) is 25.1 Å². The molecule has 3 rings (SSSR count). The Kier molecular flexibility index (Phi) is 6.43. The van der Waals surface area contributed by atoms with Crippen LogP contribution >= 0.6 is 0 Å². The molecule has 8 nitrogen and oxygen atoms in total. The van der Waals surface area contributed by atoms with Gasteiger partial charge in [0.1, 0.15) is 6.04 Å². The van der Waals surface area contributed by atoms with Crippen molar-refractivity contribution in [1.82, 2.24) is 15.1 Å². The molecule has 0 aliphatic rings. The minimum Gasteiger partial charge on any atom is -0.354 e. The molecule has 0 spiro atoms. The second-order valence-electron chi connectivity index (χ2n) is 6.77. The van der Waals surface area contributed by atoms with Gasteiger partial charge in [0.15, 0.2) is 0 Å². The van der Waals surface area contributed by atoms with Crippen molar-refractivity contribution in [2.24, 2.45) is 5.14 Å². The molecule has 0 radical (unpaired) electrons.